The lowest BCUT2D eigenvalue weighted by Gasteiger charge is -2.31. The summed E-state index contributed by atoms with van der Waals surface area (Å²) in [6, 6.07) is 17.1. The van der Waals surface area contributed by atoms with Crippen molar-refractivity contribution in [2.75, 3.05) is 26.7 Å². The molecule has 1 fully saturated rings. The second-order valence-electron chi connectivity index (χ2n) is 6.30. The molecule has 1 saturated heterocycles. The van der Waals surface area contributed by atoms with Crippen molar-refractivity contribution >= 4 is 10.0 Å². The number of hydrogen-bond donors (Lipinski definition) is 1. The summed E-state index contributed by atoms with van der Waals surface area (Å²) in [5.41, 5.74) is 1.96. The lowest BCUT2D eigenvalue weighted by atomic mass is 9.98. The van der Waals surface area contributed by atoms with Crippen molar-refractivity contribution in [3.8, 4) is 11.1 Å². The predicted octanol–water partition coefficient (Wildman–Crippen LogP) is 2.97. The van der Waals surface area contributed by atoms with E-state index in [9.17, 15) is 8.42 Å². The first-order chi connectivity index (χ1) is 11.6. The van der Waals surface area contributed by atoms with E-state index in [0.717, 1.165) is 30.5 Å². The van der Waals surface area contributed by atoms with Crippen LogP contribution >= 0.6 is 0 Å². The molecule has 3 rings (SSSR count). The minimum atomic E-state index is -3.42. The second-order valence-corrected chi connectivity index (χ2v) is 8.24. The highest BCUT2D eigenvalue weighted by Gasteiger charge is 2.29. The summed E-state index contributed by atoms with van der Waals surface area (Å²) in [5, 5.41) is 3.18. The molecule has 0 spiro atoms. The molecule has 0 unspecified atom stereocenters. The van der Waals surface area contributed by atoms with E-state index in [4.69, 9.17) is 0 Å². The molecule has 5 heteroatoms. The van der Waals surface area contributed by atoms with Crippen LogP contribution in [0, 0.1) is 5.92 Å². The molecule has 0 aromatic heterocycles. The van der Waals surface area contributed by atoms with Gasteiger partial charge in [0.15, 0.2) is 0 Å². The second kappa shape index (κ2) is 7.47. The van der Waals surface area contributed by atoms with Gasteiger partial charge < -0.3 is 5.32 Å². The molecular weight excluding hydrogens is 320 g/mol. The molecule has 0 atom stereocenters. The minimum Gasteiger partial charge on any atom is -0.319 e. The van der Waals surface area contributed by atoms with Gasteiger partial charge in [-0.3, -0.25) is 0 Å². The van der Waals surface area contributed by atoms with E-state index in [2.05, 4.69) is 5.32 Å². The highest BCUT2D eigenvalue weighted by atomic mass is 32.2. The van der Waals surface area contributed by atoms with Crippen molar-refractivity contribution in [1.82, 2.24) is 9.62 Å². The topological polar surface area (TPSA) is 49.4 Å². The van der Waals surface area contributed by atoms with Crippen molar-refractivity contribution in [2.24, 2.45) is 5.92 Å². The zero-order chi connectivity index (χ0) is 17.0. The Hall–Kier alpha value is -1.69. The van der Waals surface area contributed by atoms with Gasteiger partial charge in [0.2, 0.25) is 10.0 Å². The Balaban J connectivity index is 1.81. The van der Waals surface area contributed by atoms with Crippen LogP contribution in [0.4, 0.5) is 0 Å². The maximum absolute atomic E-state index is 12.9. The molecule has 4 nitrogen and oxygen atoms in total. The maximum atomic E-state index is 12.9. The lowest BCUT2D eigenvalue weighted by Crippen LogP contribution is -2.40. The molecular formula is C19H24N2O2S. The smallest absolute Gasteiger partial charge is 0.243 e. The van der Waals surface area contributed by atoms with Gasteiger partial charge in [-0.15, -0.1) is 0 Å². The SMILES string of the molecule is CNCC1CCN(S(=O)(=O)c2cccc(-c3ccccc3)c2)CC1. The van der Waals surface area contributed by atoms with E-state index in [-0.39, 0.29) is 0 Å². The third-order valence-corrected chi connectivity index (χ3v) is 6.54. The van der Waals surface area contributed by atoms with E-state index in [1.54, 1.807) is 16.4 Å². The maximum Gasteiger partial charge on any atom is 0.243 e. The Morgan fingerprint density at radius 2 is 1.67 bits per heavy atom. The Kier molecular flexibility index (Phi) is 5.33. The van der Waals surface area contributed by atoms with Crippen molar-refractivity contribution < 1.29 is 8.42 Å². The van der Waals surface area contributed by atoms with Crippen LogP contribution in [0.15, 0.2) is 59.5 Å². The summed E-state index contributed by atoms with van der Waals surface area (Å²) in [5.74, 6) is 0.567. The molecule has 0 saturated carbocycles. The van der Waals surface area contributed by atoms with Gasteiger partial charge >= 0.3 is 0 Å². The summed E-state index contributed by atoms with van der Waals surface area (Å²) < 4.78 is 27.5. The van der Waals surface area contributed by atoms with Crippen LogP contribution in [-0.4, -0.2) is 39.4 Å². The van der Waals surface area contributed by atoms with Gasteiger partial charge in [-0.25, -0.2) is 8.42 Å². The van der Waals surface area contributed by atoms with E-state index >= 15 is 0 Å². The number of nitrogens with one attached hydrogen (secondary N) is 1. The quantitative estimate of drug-likeness (QED) is 0.907. The molecule has 24 heavy (non-hydrogen) atoms. The zero-order valence-corrected chi connectivity index (χ0v) is 14.8. The summed E-state index contributed by atoms with van der Waals surface area (Å²) >= 11 is 0. The summed E-state index contributed by atoms with van der Waals surface area (Å²) in [7, 11) is -1.48. The molecule has 1 aliphatic rings. The Bertz CT molecular complexity index is 767. The van der Waals surface area contributed by atoms with Gasteiger partial charge in [0.25, 0.3) is 0 Å². The molecule has 2 aromatic rings. The van der Waals surface area contributed by atoms with Gasteiger partial charge in [-0.2, -0.15) is 4.31 Å². The molecule has 0 aliphatic carbocycles. The van der Waals surface area contributed by atoms with E-state index in [1.165, 1.54) is 0 Å². The van der Waals surface area contributed by atoms with Crippen molar-refractivity contribution in [3.63, 3.8) is 0 Å². The standard InChI is InChI=1S/C19H24N2O2S/c1-20-15-16-10-12-21(13-11-16)24(22,23)19-9-5-8-18(14-19)17-6-3-2-4-7-17/h2-9,14,16,20H,10-13,15H2,1H3. The van der Waals surface area contributed by atoms with Crippen LogP contribution in [0.25, 0.3) is 11.1 Å². The van der Waals surface area contributed by atoms with Gasteiger partial charge in [0.1, 0.15) is 0 Å². The summed E-state index contributed by atoms with van der Waals surface area (Å²) in [4.78, 5) is 0.385. The van der Waals surface area contributed by atoms with Gasteiger partial charge in [-0.1, -0.05) is 42.5 Å². The lowest BCUT2D eigenvalue weighted by molar-refractivity contribution is 0.270. The number of hydrogen-bond acceptors (Lipinski definition) is 3. The number of nitrogens with zero attached hydrogens (tertiary/aromatic N) is 1. The Morgan fingerprint density at radius 1 is 1.00 bits per heavy atom. The van der Waals surface area contributed by atoms with Crippen LogP contribution in [0.3, 0.4) is 0 Å². The first kappa shape index (κ1) is 17.1. The van der Waals surface area contributed by atoms with Crippen molar-refractivity contribution in [2.45, 2.75) is 17.7 Å². The highest BCUT2D eigenvalue weighted by molar-refractivity contribution is 7.89. The van der Waals surface area contributed by atoms with E-state index < -0.39 is 10.0 Å². The molecule has 0 bridgehead atoms. The molecule has 1 N–H and O–H groups in total. The average Bonchev–Trinajstić information content (AvgIpc) is 2.63. The van der Waals surface area contributed by atoms with Crippen LogP contribution in [-0.2, 0) is 10.0 Å². The number of benzene rings is 2. The van der Waals surface area contributed by atoms with Crippen LogP contribution in [0.5, 0.6) is 0 Å². The molecule has 0 radical (unpaired) electrons. The first-order valence-electron chi connectivity index (χ1n) is 8.41. The fraction of sp³-hybridized carbons (Fsp3) is 0.368. The molecule has 0 amide bonds. The highest BCUT2D eigenvalue weighted by Crippen LogP contribution is 2.27. The van der Waals surface area contributed by atoms with E-state index in [0.29, 0.717) is 23.9 Å². The third kappa shape index (κ3) is 3.69. The molecule has 1 aliphatic heterocycles. The van der Waals surface area contributed by atoms with Crippen LogP contribution < -0.4 is 5.32 Å². The van der Waals surface area contributed by atoms with Crippen molar-refractivity contribution in [1.29, 1.82) is 0 Å². The van der Waals surface area contributed by atoms with Gasteiger partial charge in [0, 0.05) is 13.1 Å². The predicted molar refractivity (Wildman–Crippen MR) is 97.3 cm³/mol. The van der Waals surface area contributed by atoms with Gasteiger partial charge in [0.05, 0.1) is 4.90 Å². The minimum absolute atomic E-state index is 0.385. The largest absolute Gasteiger partial charge is 0.319 e. The Labute approximate surface area is 144 Å². The fourth-order valence-corrected chi connectivity index (χ4v) is 4.77. The average molecular weight is 344 g/mol. The van der Waals surface area contributed by atoms with Crippen molar-refractivity contribution in [3.05, 3.63) is 54.6 Å². The fourth-order valence-electron chi connectivity index (χ4n) is 3.26. The summed E-state index contributed by atoms with van der Waals surface area (Å²) in [6.07, 6.45) is 1.83. The monoisotopic (exact) mass is 344 g/mol. The number of piperidine rings is 1. The number of sulfonamides is 1. The van der Waals surface area contributed by atoms with Crippen LogP contribution in [0.1, 0.15) is 12.8 Å². The molecule has 128 valence electrons. The van der Waals surface area contributed by atoms with E-state index in [1.807, 2.05) is 49.5 Å². The first-order valence-corrected chi connectivity index (χ1v) is 9.85. The zero-order valence-electron chi connectivity index (χ0n) is 14.0. The van der Waals surface area contributed by atoms with Gasteiger partial charge in [-0.05, 0) is 55.6 Å². The molecule has 1 heterocycles. The molecule has 2 aromatic carbocycles. The normalized spacial score (nSPS) is 17.0. The third-order valence-electron chi connectivity index (χ3n) is 4.65. The summed E-state index contributed by atoms with van der Waals surface area (Å²) in [6.45, 7) is 2.16. The van der Waals surface area contributed by atoms with Crippen LogP contribution in [0.2, 0.25) is 0 Å². The Morgan fingerprint density at radius 3 is 2.33 bits per heavy atom. The number of rotatable bonds is 5.